The summed E-state index contributed by atoms with van der Waals surface area (Å²) < 4.78 is 16.4. The number of aromatic hydroxyl groups is 1. The molecule has 2 spiro atoms. The van der Waals surface area contributed by atoms with E-state index in [9.17, 15) is 19.8 Å². The zero-order chi connectivity index (χ0) is 22.4. The van der Waals surface area contributed by atoms with E-state index in [0.717, 1.165) is 5.06 Å². The van der Waals surface area contributed by atoms with E-state index in [-0.39, 0.29) is 29.9 Å². The Morgan fingerprint density at radius 3 is 2.81 bits per heavy atom. The number of aliphatic hydroxyl groups is 1. The number of nitrogens with one attached hydrogen (secondary N) is 1. The summed E-state index contributed by atoms with van der Waals surface area (Å²) in [5, 5.41) is 24.6. The van der Waals surface area contributed by atoms with Crippen molar-refractivity contribution in [2.75, 3.05) is 14.2 Å². The minimum atomic E-state index is -1.35. The molecule has 2 amide bonds. The van der Waals surface area contributed by atoms with Gasteiger partial charge in [-0.1, -0.05) is 39.8 Å². The fraction of sp³-hybridized carbons (Fsp3) is 0.500. The van der Waals surface area contributed by atoms with Crippen LogP contribution in [0.15, 0.2) is 24.3 Å². The summed E-state index contributed by atoms with van der Waals surface area (Å²) >= 11 is 0. The third-order valence-electron chi connectivity index (χ3n) is 6.67. The molecule has 0 aromatic heterocycles. The lowest BCUT2D eigenvalue weighted by Crippen LogP contribution is -2.74. The Kier molecular flexibility index (Phi) is 4.29. The summed E-state index contributed by atoms with van der Waals surface area (Å²) in [5.74, 6) is -0.483. The lowest BCUT2D eigenvalue weighted by Gasteiger charge is -2.51. The average molecular weight is 481 g/mol. The number of benzene rings is 1. The quantitative estimate of drug-likeness (QED) is 0.322. The molecule has 5 aliphatic heterocycles. The van der Waals surface area contributed by atoms with Crippen LogP contribution in [0, 0.1) is 0 Å². The van der Waals surface area contributed by atoms with Crippen LogP contribution in [0.2, 0.25) is 0 Å². The van der Waals surface area contributed by atoms with Crippen molar-refractivity contribution in [2.45, 2.75) is 46.5 Å². The third kappa shape index (κ3) is 2.44. The maximum absolute atomic E-state index is 13.5. The number of rotatable bonds is 3. The molecule has 2 bridgehead atoms. The van der Waals surface area contributed by atoms with E-state index in [1.165, 1.54) is 35.8 Å². The van der Waals surface area contributed by atoms with Crippen molar-refractivity contribution in [3.05, 3.63) is 29.8 Å². The second-order valence-electron chi connectivity index (χ2n) is 8.28. The van der Waals surface area contributed by atoms with Gasteiger partial charge in [-0.05, 0) is 6.07 Å². The van der Waals surface area contributed by atoms with E-state index in [1.807, 2.05) is 0 Å². The van der Waals surface area contributed by atoms with Crippen molar-refractivity contribution in [2.24, 2.45) is 0 Å². The number of piperazine rings is 1. The number of fused-ring (bicyclic) bond motifs is 3. The molecule has 32 heavy (non-hydrogen) atoms. The Bertz CT molecular complexity index is 1070. The number of hydroxylamine groups is 2. The van der Waals surface area contributed by atoms with Gasteiger partial charge in [-0.3, -0.25) is 14.4 Å². The predicted octanol–water partition coefficient (Wildman–Crippen LogP) is 0.641. The van der Waals surface area contributed by atoms with Crippen LogP contribution in [0.1, 0.15) is 17.2 Å². The van der Waals surface area contributed by atoms with Crippen molar-refractivity contribution in [3.63, 3.8) is 0 Å². The van der Waals surface area contributed by atoms with E-state index in [0.29, 0.717) is 11.3 Å². The highest BCUT2D eigenvalue weighted by Crippen LogP contribution is 2.64. The Morgan fingerprint density at radius 1 is 1.25 bits per heavy atom. The first kappa shape index (κ1) is 20.5. The molecule has 0 saturated carbocycles. The van der Waals surface area contributed by atoms with Crippen LogP contribution >= 0.6 is 21.6 Å². The topological polar surface area (TPSA) is 130 Å². The molecule has 1 aliphatic carbocycles. The lowest BCUT2D eigenvalue weighted by atomic mass is 9.81. The molecule has 12 heteroatoms. The molecular formula is C20H20N2O8S2. The molecule has 0 radical (unpaired) electrons. The van der Waals surface area contributed by atoms with Crippen LogP contribution in [0.25, 0.3) is 0 Å². The zero-order valence-electron chi connectivity index (χ0n) is 17.0. The van der Waals surface area contributed by atoms with E-state index in [4.69, 9.17) is 19.0 Å². The van der Waals surface area contributed by atoms with E-state index < -0.39 is 39.9 Å². The lowest BCUT2D eigenvalue weighted by molar-refractivity contribution is -0.281. The largest absolute Gasteiger partial charge is 0.504 e. The Balaban J connectivity index is 1.41. The number of methoxy groups -OCH3 is 2. The number of amides is 2. The molecule has 5 heterocycles. The molecule has 170 valence electrons. The highest BCUT2D eigenvalue weighted by molar-refractivity contribution is 8.77. The third-order valence-corrected chi connectivity index (χ3v) is 10.0. The highest BCUT2D eigenvalue weighted by Gasteiger charge is 2.76. The van der Waals surface area contributed by atoms with Crippen molar-refractivity contribution >= 4 is 33.4 Å². The molecule has 10 nitrogen and oxygen atoms in total. The summed E-state index contributed by atoms with van der Waals surface area (Å²) in [5.41, 5.74) is -0.429. The Morgan fingerprint density at radius 2 is 2.06 bits per heavy atom. The standard InChI is InChI=1S/C20H20N2O8S2/c1-27-10-5-3-8(13(24)14(10)28-2)15-12-17(25)22-20(32-31-15,18(26)21-12)7-19-11(29-19)6-4-9(23)16(19)30-22/h3-6,9,11-12,15-16,23-24H,7H2,1-2H3,(H,21,26)/t9-,11-,12+,15+,16-,19-,20+/m0/s1. The second-order valence-corrected chi connectivity index (χ2v) is 10.9. The van der Waals surface area contributed by atoms with Crippen molar-refractivity contribution in [1.82, 2.24) is 10.4 Å². The molecular weight excluding hydrogens is 460 g/mol. The number of carbonyl (C=O) groups excluding carboxylic acids is 2. The van der Waals surface area contributed by atoms with Gasteiger partial charge in [0.25, 0.3) is 11.8 Å². The van der Waals surface area contributed by atoms with E-state index in [2.05, 4.69) is 5.32 Å². The van der Waals surface area contributed by atoms with Crippen molar-refractivity contribution in [1.29, 1.82) is 0 Å². The highest BCUT2D eigenvalue weighted by atomic mass is 33.1. The summed E-state index contributed by atoms with van der Waals surface area (Å²) in [7, 11) is 5.38. The second kappa shape index (κ2) is 6.70. The van der Waals surface area contributed by atoms with Gasteiger partial charge in [0.1, 0.15) is 30.0 Å². The van der Waals surface area contributed by atoms with Gasteiger partial charge in [0, 0.05) is 12.0 Å². The molecule has 1 aromatic carbocycles. The van der Waals surface area contributed by atoms with Gasteiger partial charge in [-0.25, -0.2) is 0 Å². The SMILES string of the molecule is COc1ccc([C@H]2SS[C@@]34C[C@]56O[C@H]5C=C[C@H](O)[C@@H]6ON3C(=O)[C@@H]2NC4=O)c(O)c1OC. The molecule has 5 saturated heterocycles. The first-order chi connectivity index (χ1) is 15.4. The summed E-state index contributed by atoms with van der Waals surface area (Å²) in [6.45, 7) is 0. The van der Waals surface area contributed by atoms with Gasteiger partial charge in [0.2, 0.25) is 10.6 Å². The van der Waals surface area contributed by atoms with Crippen LogP contribution in [0.4, 0.5) is 0 Å². The maximum Gasteiger partial charge on any atom is 0.272 e. The fourth-order valence-corrected chi connectivity index (χ4v) is 8.51. The molecule has 6 aliphatic rings. The van der Waals surface area contributed by atoms with E-state index in [1.54, 1.807) is 24.3 Å². The van der Waals surface area contributed by atoms with Gasteiger partial charge in [-0.15, -0.1) is 0 Å². The number of carbonyl (C=O) groups is 2. The Hall–Kier alpha value is -2.12. The summed E-state index contributed by atoms with van der Waals surface area (Å²) in [6.07, 6.45) is 1.54. The minimum Gasteiger partial charge on any atom is -0.504 e. The van der Waals surface area contributed by atoms with Crippen LogP contribution in [-0.2, 0) is 19.2 Å². The molecule has 7 atom stereocenters. The number of nitrogens with zero attached hydrogens (tertiary/aromatic N) is 1. The minimum absolute atomic E-state index is 0.147. The molecule has 3 N–H and O–H groups in total. The molecule has 1 aromatic rings. The van der Waals surface area contributed by atoms with Gasteiger partial charge >= 0.3 is 0 Å². The first-order valence-corrected chi connectivity index (χ1v) is 12.2. The number of phenols is 1. The molecule has 7 rings (SSSR count). The van der Waals surface area contributed by atoms with Crippen LogP contribution in [0.3, 0.4) is 0 Å². The zero-order valence-corrected chi connectivity index (χ0v) is 18.6. The van der Waals surface area contributed by atoms with Crippen molar-refractivity contribution in [3.8, 4) is 17.2 Å². The average Bonchev–Trinajstić information content (AvgIpc) is 3.52. The predicted molar refractivity (Wildman–Crippen MR) is 113 cm³/mol. The maximum atomic E-state index is 13.5. The molecule has 0 unspecified atom stereocenters. The number of hydrogen-bond acceptors (Lipinski definition) is 10. The monoisotopic (exact) mass is 480 g/mol. The first-order valence-electron chi connectivity index (χ1n) is 10.0. The van der Waals surface area contributed by atoms with Gasteiger partial charge in [0.05, 0.1) is 19.5 Å². The van der Waals surface area contributed by atoms with Gasteiger partial charge < -0.3 is 29.7 Å². The van der Waals surface area contributed by atoms with Crippen LogP contribution in [-0.4, -0.2) is 76.1 Å². The summed E-state index contributed by atoms with van der Waals surface area (Å²) in [6, 6.07) is 2.31. The van der Waals surface area contributed by atoms with Crippen LogP contribution in [0.5, 0.6) is 17.2 Å². The smallest absolute Gasteiger partial charge is 0.272 e. The fourth-order valence-electron chi connectivity index (χ4n) is 5.00. The number of ether oxygens (including phenoxy) is 3. The number of aliphatic hydroxyl groups excluding tert-OH is 1. The van der Waals surface area contributed by atoms with Gasteiger partial charge in [-0.2, -0.15) is 5.06 Å². The molecule has 5 fully saturated rings. The number of hydrogen-bond donors (Lipinski definition) is 3. The van der Waals surface area contributed by atoms with Crippen molar-refractivity contribution < 1.29 is 38.9 Å². The van der Waals surface area contributed by atoms with E-state index >= 15 is 0 Å². The Labute approximate surface area is 190 Å². The normalized spacial score (nSPS) is 41.2. The number of phenolic OH excluding ortho intramolecular Hbond substituents is 1. The van der Waals surface area contributed by atoms with Gasteiger partial charge in [0.15, 0.2) is 11.5 Å². The van der Waals surface area contributed by atoms with Crippen LogP contribution < -0.4 is 14.8 Å². The summed E-state index contributed by atoms with van der Waals surface area (Å²) in [4.78, 5) is 31.5. The number of epoxide rings is 1.